The van der Waals surface area contributed by atoms with Gasteiger partial charge in [-0.25, -0.2) is 0 Å². The number of hydrogen-bond acceptors (Lipinski definition) is 3. The number of aromatic hydroxyl groups is 1. The van der Waals surface area contributed by atoms with E-state index in [1.165, 1.54) is 6.07 Å². The SMILES string of the molecule is Cc1cc(O)cc(C)c1Cc1c[nH]c2cc([N+](=O)[O-])ccc12. The van der Waals surface area contributed by atoms with Crippen LogP contribution in [0.4, 0.5) is 5.69 Å². The van der Waals surface area contributed by atoms with Crippen molar-refractivity contribution in [2.45, 2.75) is 20.3 Å². The Kier molecular flexibility index (Phi) is 3.33. The minimum absolute atomic E-state index is 0.0814. The number of phenols is 1. The molecule has 0 unspecified atom stereocenters. The topological polar surface area (TPSA) is 79.2 Å². The van der Waals surface area contributed by atoms with Gasteiger partial charge >= 0.3 is 0 Å². The second-order valence-corrected chi connectivity index (χ2v) is 5.54. The van der Waals surface area contributed by atoms with E-state index in [0.29, 0.717) is 0 Å². The third-order valence-electron chi connectivity index (χ3n) is 4.01. The Hall–Kier alpha value is -2.82. The zero-order valence-electron chi connectivity index (χ0n) is 12.4. The molecule has 0 radical (unpaired) electrons. The van der Waals surface area contributed by atoms with E-state index in [9.17, 15) is 15.2 Å². The number of nitro benzene ring substituents is 1. The molecule has 2 N–H and O–H groups in total. The van der Waals surface area contributed by atoms with Gasteiger partial charge in [-0.05, 0) is 54.3 Å². The molecule has 0 saturated carbocycles. The van der Waals surface area contributed by atoms with E-state index in [1.807, 2.05) is 20.0 Å². The molecule has 112 valence electrons. The number of nitrogens with one attached hydrogen (secondary N) is 1. The highest BCUT2D eigenvalue weighted by Crippen LogP contribution is 2.28. The molecule has 0 aliphatic rings. The first kappa shape index (κ1) is 14.1. The molecule has 5 nitrogen and oxygen atoms in total. The number of H-pyrrole nitrogens is 1. The molecule has 2 aromatic carbocycles. The van der Waals surface area contributed by atoms with Gasteiger partial charge < -0.3 is 10.1 Å². The van der Waals surface area contributed by atoms with Crippen LogP contribution in [-0.4, -0.2) is 15.0 Å². The number of aryl methyl sites for hydroxylation is 2. The lowest BCUT2D eigenvalue weighted by Crippen LogP contribution is -1.95. The zero-order chi connectivity index (χ0) is 15.9. The number of nitrogens with zero attached hydrogens (tertiary/aromatic N) is 1. The minimum Gasteiger partial charge on any atom is -0.508 e. The Morgan fingerprint density at radius 3 is 2.50 bits per heavy atom. The number of rotatable bonds is 3. The number of nitro groups is 1. The molecule has 0 spiro atoms. The number of non-ortho nitro benzene ring substituents is 1. The molecular formula is C17H16N2O3. The summed E-state index contributed by atoms with van der Waals surface area (Å²) in [7, 11) is 0. The second-order valence-electron chi connectivity index (χ2n) is 5.54. The molecule has 0 atom stereocenters. The predicted octanol–water partition coefficient (Wildman–Crippen LogP) is 3.99. The molecule has 0 aliphatic heterocycles. The van der Waals surface area contributed by atoms with Gasteiger partial charge in [-0.3, -0.25) is 10.1 Å². The highest BCUT2D eigenvalue weighted by Gasteiger charge is 2.12. The van der Waals surface area contributed by atoms with Crippen molar-refractivity contribution in [2.75, 3.05) is 0 Å². The lowest BCUT2D eigenvalue weighted by molar-refractivity contribution is -0.384. The average molecular weight is 296 g/mol. The summed E-state index contributed by atoms with van der Waals surface area (Å²) in [6.07, 6.45) is 2.61. The first-order valence-electron chi connectivity index (χ1n) is 6.99. The molecular weight excluding hydrogens is 280 g/mol. The fourth-order valence-corrected chi connectivity index (χ4v) is 2.87. The van der Waals surface area contributed by atoms with Crippen molar-refractivity contribution in [3.63, 3.8) is 0 Å². The van der Waals surface area contributed by atoms with E-state index in [1.54, 1.807) is 24.3 Å². The molecule has 3 aromatic rings. The highest BCUT2D eigenvalue weighted by molar-refractivity contribution is 5.85. The van der Waals surface area contributed by atoms with Crippen LogP contribution in [0.15, 0.2) is 36.5 Å². The van der Waals surface area contributed by atoms with Gasteiger partial charge in [-0.1, -0.05) is 0 Å². The van der Waals surface area contributed by atoms with Crippen LogP contribution in [0.5, 0.6) is 5.75 Å². The maximum absolute atomic E-state index is 10.8. The smallest absolute Gasteiger partial charge is 0.271 e. The van der Waals surface area contributed by atoms with Crippen molar-refractivity contribution in [1.29, 1.82) is 0 Å². The highest BCUT2D eigenvalue weighted by atomic mass is 16.6. The van der Waals surface area contributed by atoms with Gasteiger partial charge in [0.1, 0.15) is 5.75 Å². The van der Waals surface area contributed by atoms with E-state index in [2.05, 4.69) is 4.98 Å². The van der Waals surface area contributed by atoms with Crippen LogP contribution in [-0.2, 0) is 6.42 Å². The number of hydrogen-bond donors (Lipinski definition) is 2. The monoisotopic (exact) mass is 296 g/mol. The van der Waals surface area contributed by atoms with Crippen LogP contribution in [0.1, 0.15) is 22.3 Å². The average Bonchev–Trinajstić information content (AvgIpc) is 2.85. The summed E-state index contributed by atoms with van der Waals surface area (Å²) < 4.78 is 0. The minimum atomic E-state index is -0.395. The van der Waals surface area contributed by atoms with E-state index in [0.717, 1.165) is 39.6 Å². The predicted molar refractivity (Wildman–Crippen MR) is 85.3 cm³/mol. The van der Waals surface area contributed by atoms with Crippen LogP contribution >= 0.6 is 0 Å². The number of aromatic amines is 1. The van der Waals surface area contributed by atoms with E-state index >= 15 is 0 Å². The normalized spacial score (nSPS) is 11.0. The maximum atomic E-state index is 10.8. The van der Waals surface area contributed by atoms with Crippen LogP contribution in [0.3, 0.4) is 0 Å². The molecule has 0 saturated heterocycles. The van der Waals surface area contributed by atoms with Crippen molar-refractivity contribution in [3.8, 4) is 5.75 Å². The van der Waals surface area contributed by atoms with E-state index in [-0.39, 0.29) is 11.4 Å². The second kappa shape index (κ2) is 5.18. The van der Waals surface area contributed by atoms with Crippen LogP contribution in [0, 0.1) is 24.0 Å². The van der Waals surface area contributed by atoms with Crippen LogP contribution < -0.4 is 0 Å². The summed E-state index contributed by atoms with van der Waals surface area (Å²) >= 11 is 0. The molecule has 0 bridgehead atoms. The van der Waals surface area contributed by atoms with Gasteiger partial charge in [0.2, 0.25) is 0 Å². The molecule has 5 heteroatoms. The summed E-state index contributed by atoms with van der Waals surface area (Å²) in [5.41, 5.74) is 5.16. The maximum Gasteiger partial charge on any atom is 0.271 e. The molecule has 22 heavy (non-hydrogen) atoms. The summed E-state index contributed by atoms with van der Waals surface area (Å²) in [5, 5.41) is 21.4. The third kappa shape index (κ3) is 2.41. The van der Waals surface area contributed by atoms with Crippen LogP contribution in [0.2, 0.25) is 0 Å². The quantitative estimate of drug-likeness (QED) is 0.566. The first-order valence-corrected chi connectivity index (χ1v) is 6.99. The van der Waals surface area contributed by atoms with Crippen molar-refractivity contribution < 1.29 is 10.0 Å². The number of fused-ring (bicyclic) bond motifs is 1. The lowest BCUT2D eigenvalue weighted by Gasteiger charge is -2.10. The Morgan fingerprint density at radius 2 is 1.86 bits per heavy atom. The van der Waals surface area contributed by atoms with Gasteiger partial charge in [-0.2, -0.15) is 0 Å². The van der Waals surface area contributed by atoms with Gasteiger partial charge in [0.15, 0.2) is 0 Å². The molecule has 0 aliphatic carbocycles. The Balaban J connectivity index is 2.03. The summed E-state index contributed by atoms with van der Waals surface area (Å²) in [6, 6.07) is 8.36. The molecule has 0 amide bonds. The number of aromatic nitrogens is 1. The van der Waals surface area contributed by atoms with E-state index in [4.69, 9.17) is 0 Å². The fourth-order valence-electron chi connectivity index (χ4n) is 2.87. The first-order chi connectivity index (χ1) is 10.5. The van der Waals surface area contributed by atoms with Crippen molar-refractivity contribution in [1.82, 2.24) is 4.98 Å². The summed E-state index contributed by atoms with van der Waals surface area (Å²) in [5.74, 6) is 0.272. The Morgan fingerprint density at radius 1 is 1.18 bits per heavy atom. The summed E-state index contributed by atoms with van der Waals surface area (Å²) in [6.45, 7) is 3.95. The van der Waals surface area contributed by atoms with E-state index < -0.39 is 4.92 Å². The van der Waals surface area contributed by atoms with Crippen molar-refractivity contribution in [3.05, 3.63) is 68.9 Å². The molecule has 3 rings (SSSR count). The van der Waals surface area contributed by atoms with Gasteiger partial charge in [-0.15, -0.1) is 0 Å². The molecule has 0 fully saturated rings. The van der Waals surface area contributed by atoms with Crippen molar-refractivity contribution >= 4 is 16.6 Å². The summed E-state index contributed by atoms with van der Waals surface area (Å²) in [4.78, 5) is 13.5. The van der Waals surface area contributed by atoms with Crippen molar-refractivity contribution in [2.24, 2.45) is 0 Å². The number of phenolic OH excluding ortho intramolecular Hbond substituents is 1. The van der Waals surface area contributed by atoms with Gasteiger partial charge in [0, 0.05) is 30.1 Å². The Bertz CT molecular complexity index is 858. The van der Waals surface area contributed by atoms with Gasteiger partial charge in [0.05, 0.1) is 10.4 Å². The lowest BCUT2D eigenvalue weighted by atomic mass is 9.95. The van der Waals surface area contributed by atoms with Gasteiger partial charge in [0.25, 0.3) is 5.69 Å². The third-order valence-corrected chi connectivity index (χ3v) is 4.01. The largest absolute Gasteiger partial charge is 0.508 e. The van der Waals surface area contributed by atoms with Crippen LogP contribution in [0.25, 0.3) is 10.9 Å². The zero-order valence-corrected chi connectivity index (χ0v) is 12.4. The fraction of sp³-hybridized carbons (Fsp3) is 0.176. The number of benzene rings is 2. The molecule has 1 aromatic heterocycles. The molecule has 1 heterocycles. The Labute approximate surface area is 127 Å². The standard InChI is InChI=1S/C17H16N2O3/c1-10-5-14(20)6-11(2)16(10)7-12-9-18-17-8-13(19(21)22)3-4-15(12)17/h3-6,8-9,18,20H,7H2,1-2H3.